The largest absolute Gasteiger partial charge is 0.325 e. The summed E-state index contributed by atoms with van der Waals surface area (Å²) in [5, 5.41) is 3.46. The number of carbonyl (C=O) groups excluding carboxylic acids is 3. The molecule has 27 heavy (non-hydrogen) atoms. The highest BCUT2D eigenvalue weighted by atomic mass is 32.2. The highest BCUT2D eigenvalue weighted by Crippen LogP contribution is 2.35. The van der Waals surface area contributed by atoms with Crippen LogP contribution in [0.4, 0.5) is 5.69 Å². The Bertz CT molecular complexity index is 854. The maximum Gasteiger partial charge on any atom is 0.262 e. The Labute approximate surface area is 162 Å². The third-order valence-corrected chi connectivity index (χ3v) is 6.27. The fourth-order valence-corrected chi connectivity index (χ4v) is 4.79. The molecule has 0 unspecified atom stereocenters. The van der Waals surface area contributed by atoms with Crippen molar-refractivity contribution in [1.29, 1.82) is 0 Å². The molecule has 1 heterocycles. The number of carbonyl (C=O) groups is 3. The summed E-state index contributed by atoms with van der Waals surface area (Å²) < 4.78 is 0. The number of amides is 3. The number of benzene rings is 2. The Kier molecular flexibility index (Phi) is 4.99. The van der Waals surface area contributed by atoms with Crippen LogP contribution in [0, 0.1) is 0 Å². The van der Waals surface area contributed by atoms with Crippen LogP contribution >= 0.6 is 11.8 Å². The van der Waals surface area contributed by atoms with Crippen molar-refractivity contribution >= 4 is 35.2 Å². The highest BCUT2D eigenvalue weighted by Gasteiger charge is 2.36. The Morgan fingerprint density at radius 3 is 2.15 bits per heavy atom. The zero-order chi connectivity index (χ0) is 18.8. The molecule has 0 saturated heterocycles. The van der Waals surface area contributed by atoms with Crippen LogP contribution in [-0.4, -0.2) is 34.4 Å². The maximum atomic E-state index is 12.3. The second kappa shape index (κ2) is 7.56. The van der Waals surface area contributed by atoms with Crippen LogP contribution in [0.25, 0.3) is 0 Å². The van der Waals surface area contributed by atoms with Crippen LogP contribution in [0.5, 0.6) is 0 Å². The molecule has 1 aliphatic heterocycles. The number of nitrogens with one attached hydrogen (secondary N) is 1. The molecule has 1 aliphatic carbocycles. The van der Waals surface area contributed by atoms with Gasteiger partial charge in [0.2, 0.25) is 5.91 Å². The smallest absolute Gasteiger partial charge is 0.262 e. The van der Waals surface area contributed by atoms with E-state index in [9.17, 15) is 14.4 Å². The van der Waals surface area contributed by atoms with Gasteiger partial charge in [0.15, 0.2) is 0 Å². The number of nitrogens with zero attached hydrogens (tertiary/aromatic N) is 1. The molecule has 2 aromatic rings. The fourth-order valence-electron chi connectivity index (χ4n) is 3.54. The Hall–Kier alpha value is -2.60. The van der Waals surface area contributed by atoms with Crippen LogP contribution in [0.15, 0.2) is 53.4 Å². The van der Waals surface area contributed by atoms with Crippen LogP contribution in [0.1, 0.15) is 46.4 Å². The quantitative estimate of drug-likeness (QED) is 0.798. The summed E-state index contributed by atoms with van der Waals surface area (Å²) in [5.41, 5.74) is 1.36. The summed E-state index contributed by atoms with van der Waals surface area (Å²) in [6, 6.07) is 14.3. The van der Waals surface area contributed by atoms with E-state index in [-0.39, 0.29) is 12.5 Å². The number of anilines is 1. The van der Waals surface area contributed by atoms with E-state index < -0.39 is 11.8 Å². The van der Waals surface area contributed by atoms with Crippen molar-refractivity contribution in [2.24, 2.45) is 0 Å². The van der Waals surface area contributed by atoms with E-state index in [2.05, 4.69) is 5.32 Å². The van der Waals surface area contributed by atoms with E-state index in [1.807, 2.05) is 36.0 Å². The fraction of sp³-hybridized carbons (Fsp3) is 0.286. The Morgan fingerprint density at radius 1 is 0.963 bits per heavy atom. The van der Waals surface area contributed by atoms with Crippen LogP contribution in [0.3, 0.4) is 0 Å². The van der Waals surface area contributed by atoms with E-state index in [0.29, 0.717) is 22.1 Å². The molecule has 1 fully saturated rings. The van der Waals surface area contributed by atoms with E-state index in [4.69, 9.17) is 0 Å². The number of hydrogen-bond acceptors (Lipinski definition) is 4. The zero-order valence-electron chi connectivity index (χ0n) is 14.8. The lowest BCUT2D eigenvalue weighted by atomic mass is 10.1. The molecule has 1 saturated carbocycles. The average Bonchev–Trinajstić information content (AvgIpc) is 3.27. The minimum absolute atomic E-state index is 0.287. The third-order valence-electron chi connectivity index (χ3n) is 4.92. The van der Waals surface area contributed by atoms with E-state index in [1.54, 1.807) is 24.3 Å². The van der Waals surface area contributed by atoms with Gasteiger partial charge in [-0.15, -0.1) is 11.8 Å². The van der Waals surface area contributed by atoms with Gasteiger partial charge in [-0.3, -0.25) is 19.3 Å². The summed E-state index contributed by atoms with van der Waals surface area (Å²) in [5.74, 6) is -1.23. The number of rotatable bonds is 5. The topological polar surface area (TPSA) is 66.5 Å². The Morgan fingerprint density at radius 2 is 1.56 bits per heavy atom. The molecule has 1 N–H and O–H groups in total. The summed E-state index contributed by atoms with van der Waals surface area (Å²) >= 11 is 1.89. The molecule has 3 amide bonds. The van der Waals surface area contributed by atoms with Crippen LogP contribution < -0.4 is 5.32 Å². The first-order chi connectivity index (χ1) is 13.1. The standard InChI is InChI=1S/C21H20N2O3S/c24-19(13-23-20(25)17-7-3-4-8-18(17)21(23)26)22-14-9-11-16(12-10-14)27-15-5-1-2-6-15/h3-4,7-12,15H,1-2,5-6,13H2,(H,22,24). The van der Waals surface area contributed by atoms with Gasteiger partial charge in [-0.25, -0.2) is 0 Å². The van der Waals surface area contributed by atoms with Crippen molar-refractivity contribution in [2.75, 3.05) is 11.9 Å². The molecular weight excluding hydrogens is 360 g/mol. The molecule has 0 aromatic heterocycles. The first-order valence-electron chi connectivity index (χ1n) is 9.13. The van der Waals surface area contributed by atoms with Gasteiger partial charge in [0.25, 0.3) is 11.8 Å². The predicted octanol–water partition coefficient (Wildman–Crippen LogP) is 3.96. The van der Waals surface area contributed by atoms with Gasteiger partial charge in [0.05, 0.1) is 11.1 Å². The van der Waals surface area contributed by atoms with Crippen molar-refractivity contribution in [3.8, 4) is 0 Å². The summed E-state index contributed by atoms with van der Waals surface area (Å²) in [7, 11) is 0. The minimum Gasteiger partial charge on any atom is -0.325 e. The van der Waals surface area contributed by atoms with Crippen LogP contribution in [-0.2, 0) is 4.79 Å². The van der Waals surface area contributed by atoms with Crippen molar-refractivity contribution in [2.45, 2.75) is 35.8 Å². The molecule has 0 bridgehead atoms. The van der Waals surface area contributed by atoms with Gasteiger partial charge in [-0.2, -0.15) is 0 Å². The molecule has 4 rings (SSSR count). The molecule has 6 heteroatoms. The predicted molar refractivity (Wildman–Crippen MR) is 105 cm³/mol. The normalized spacial score (nSPS) is 16.7. The van der Waals surface area contributed by atoms with Gasteiger partial charge in [0, 0.05) is 15.8 Å². The summed E-state index contributed by atoms with van der Waals surface area (Å²) in [6.45, 7) is -0.287. The van der Waals surface area contributed by atoms with Crippen molar-refractivity contribution in [3.05, 3.63) is 59.7 Å². The summed E-state index contributed by atoms with van der Waals surface area (Å²) in [4.78, 5) is 39.2. The molecule has 0 spiro atoms. The molecule has 0 radical (unpaired) electrons. The molecule has 138 valence electrons. The molecule has 0 atom stereocenters. The van der Waals surface area contributed by atoms with Gasteiger partial charge < -0.3 is 5.32 Å². The molecule has 2 aromatic carbocycles. The maximum absolute atomic E-state index is 12.3. The SMILES string of the molecule is O=C(CN1C(=O)c2ccccc2C1=O)Nc1ccc(SC2CCCC2)cc1. The van der Waals surface area contributed by atoms with Crippen molar-refractivity contribution in [1.82, 2.24) is 4.90 Å². The van der Waals surface area contributed by atoms with E-state index >= 15 is 0 Å². The van der Waals surface area contributed by atoms with Gasteiger partial charge in [-0.05, 0) is 49.2 Å². The lowest BCUT2D eigenvalue weighted by Crippen LogP contribution is -2.37. The second-order valence-electron chi connectivity index (χ2n) is 6.84. The Balaban J connectivity index is 1.36. The van der Waals surface area contributed by atoms with Gasteiger partial charge in [-0.1, -0.05) is 25.0 Å². The minimum atomic E-state index is -0.422. The van der Waals surface area contributed by atoms with Crippen molar-refractivity contribution in [3.63, 3.8) is 0 Å². The van der Waals surface area contributed by atoms with Gasteiger partial charge >= 0.3 is 0 Å². The average molecular weight is 380 g/mol. The first kappa shape index (κ1) is 17.8. The number of hydrogen-bond donors (Lipinski definition) is 1. The van der Waals surface area contributed by atoms with E-state index in [1.165, 1.54) is 30.6 Å². The summed E-state index contributed by atoms with van der Waals surface area (Å²) in [6.07, 6.45) is 5.15. The number of fused-ring (bicyclic) bond motifs is 1. The van der Waals surface area contributed by atoms with Crippen LogP contribution in [0.2, 0.25) is 0 Å². The molecular formula is C21H20N2O3S. The highest BCUT2D eigenvalue weighted by molar-refractivity contribution is 8.00. The number of imide groups is 1. The lowest BCUT2D eigenvalue weighted by molar-refractivity contribution is -0.116. The third kappa shape index (κ3) is 3.76. The molecule has 2 aliphatic rings. The van der Waals surface area contributed by atoms with Crippen molar-refractivity contribution < 1.29 is 14.4 Å². The monoisotopic (exact) mass is 380 g/mol. The zero-order valence-corrected chi connectivity index (χ0v) is 15.6. The second-order valence-corrected chi connectivity index (χ2v) is 8.21. The molecule has 5 nitrogen and oxygen atoms in total. The van der Waals surface area contributed by atoms with E-state index in [0.717, 1.165) is 4.90 Å². The number of thioether (sulfide) groups is 1. The first-order valence-corrected chi connectivity index (χ1v) is 10.0. The van der Waals surface area contributed by atoms with Gasteiger partial charge in [0.1, 0.15) is 6.54 Å². The lowest BCUT2D eigenvalue weighted by Gasteiger charge is -2.14.